The van der Waals surface area contributed by atoms with Gasteiger partial charge in [-0.3, -0.25) is 0 Å². The number of rotatable bonds is 4. The van der Waals surface area contributed by atoms with Gasteiger partial charge in [-0.05, 0) is 54.6 Å². The number of hydrogen-bond donors (Lipinski definition) is 0. The minimum Gasteiger partial charge on any atom is -0.875 e. The molecule has 0 aliphatic carbocycles. The van der Waals surface area contributed by atoms with E-state index in [0.717, 1.165) is 21.7 Å². The van der Waals surface area contributed by atoms with Gasteiger partial charge in [0.15, 0.2) is 6.20 Å². The van der Waals surface area contributed by atoms with Crippen LogP contribution in [0.5, 0.6) is 0 Å². The van der Waals surface area contributed by atoms with Crippen LogP contribution in [-0.2, 0) is 10.0 Å². The maximum Gasteiger partial charge on any atom is 0.282 e. The normalized spacial score (nSPS) is 12.5. The van der Waals surface area contributed by atoms with Gasteiger partial charge in [-0.1, -0.05) is 55.0 Å². The molecule has 0 aliphatic rings. The van der Waals surface area contributed by atoms with Crippen LogP contribution in [0.4, 0.5) is 0 Å². The molecule has 0 amide bonds. The fraction of sp³-hybridized carbons (Fsp3) is 0.0714. The first-order valence-corrected chi connectivity index (χ1v) is 12.2. The topological polar surface area (TPSA) is 75.5 Å². The Hall–Kier alpha value is -4.03. The number of nitrogens with zero attached hydrogens (tertiary/aromatic N) is 2. The van der Waals surface area contributed by atoms with Gasteiger partial charge in [0, 0.05) is 22.9 Å². The van der Waals surface area contributed by atoms with E-state index in [1.54, 1.807) is 36.4 Å². The molecule has 0 N–H and O–H groups in total. The highest BCUT2D eigenvalue weighted by Gasteiger charge is 2.15. The molecule has 0 aliphatic heterocycles. The Morgan fingerprint density at radius 3 is 2.15 bits per heavy atom. The lowest BCUT2D eigenvalue weighted by atomic mass is 10.1. The van der Waals surface area contributed by atoms with E-state index in [2.05, 4.69) is 4.40 Å². The molecule has 1 heterocycles. The minimum absolute atomic E-state index is 0.00234. The molecule has 5 nitrogen and oxygen atoms in total. The second kappa shape index (κ2) is 9.85. The van der Waals surface area contributed by atoms with Gasteiger partial charge in [-0.2, -0.15) is 17.1 Å². The van der Waals surface area contributed by atoms with Gasteiger partial charge < -0.3 is 5.11 Å². The molecule has 3 aromatic carbocycles. The maximum atomic E-state index is 12.9. The lowest BCUT2D eigenvalue weighted by Gasteiger charge is -2.02. The third-order valence-electron chi connectivity index (χ3n) is 5.41. The summed E-state index contributed by atoms with van der Waals surface area (Å²) in [6, 6.07) is 29.2. The van der Waals surface area contributed by atoms with E-state index in [9.17, 15) is 13.5 Å². The van der Waals surface area contributed by atoms with E-state index in [-0.39, 0.29) is 10.7 Å². The van der Waals surface area contributed by atoms with Crippen LogP contribution in [0.15, 0.2) is 113 Å². The van der Waals surface area contributed by atoms with Gasteiger partial charge >= 0.3 is 0 Å². The van der Waals surface area contributed by atoms with Crippen LogP contribution in [-0.4, -0.2) is 14.6 Å². The maximum absolute atomic E-state index is 12.9. The largest absolute Gasteiger partial charge is 0.875 e. The Kier molecular flexibility index (Phi) is 6.70. The molecule has 0 spiro atoms. The average Bonchev–Trinajstić information content (AvgIpc) is 2.85. The molecule has 0 bridgehead atoms. The Morgan fingerprint density at radius 2 is 1.50 bits per heavy atom. The molecule has 0 atom stereocenters. The van der Waals surface area contributed by atoms with Gasteiger partial charge in [-0.15, -0.1) is 5.76 Å². The summed E-state index contributed by atoms with van der Waals surface area (Å²) in [4.78, 5) is 0.139. The quantitative estimate of drug-likeness (QED) is 0.341. The average molecular weight is 469 g/mol. The highest BCUT2D eigenvalue weighted by molar-refractivity contribution is 7.90. The van der Waals surface area contributed by atoms with Crippen molar-refractivity contribution < 1.29 is 17.8 Å². The lowest BCUT2D eigenvalue weighted by Crippen LogP contribution is -2.26. The van der Waals surface area contributed by atoms with Crippen molar-refractivity contribution in [1.82, 2.24) is 0 Å². The molecule has 0 saturated heterocycles. The first-order chi connectivity index (χ1) is 16.3. The Labute approximate surface area is 198 Å². The SMILES string of the molecule is CC([O-])=c1ccc(=c2cccc[n+]2=C(/C=N/S(=O)(=O)c2ccc(C)cc2)c2ccccc2)cc1. The summed E-state index contributed by atoms with van der Waals surface area (Å²) in [5.74, 6) is -0.00234. The molecule has 0 fully saturated rings. The van der Waals surface area contributed by atoms with Gasteiger partial charge in [0.2, 0.25) is 11.1 Å². The predicted molar refractivity (Wildman–Crippen MR) is 130 cm³/mol. The molecule has 4 rings (SSSR count). The number of benzene rings is 3. The van der Waals surface area contributed by atoms with E-state index >= 15 is 0 Å². The monoisotopic (exact) mass is 468 g/mol. The zero-order valence-electron chi connectivity index (χ0n) is 18.9. The number of hydrogen-bond acceptors (Lipinski definition) is 3. The molecule has 0 radical (unpaired) electrons. The lowest BCUT2D eigenvalue weighted by molar-refractivity contribution is -0.526. The summed E-state index contributed by atoms with van der Waals surface area (Å²) in [5, 5.41) is 14.0. The molecule has 34 heavy (non-hydrogen) atoms. The Balaban J connectivity index is 2.02. The van der Waals surface area contributed by atoms with E-state index in [1.807, 2.05) is 78.0 Å². The van der Waals surface area contributed by atoms with E-state index in [4.69, 9.17) is 0 Å². The number of sulfonamides is 1. The standard InChI is InChI=1S/C28H24N2O3S/c1-21-11-17-26(18-12-21)34(32,33)29-20-28(24-8-4-3-5-9-24)30-19-7-6-10-27(30)25-15-13-23(14-16-25)22(2)31/h3-20H,1-2H3. The highest BCUT2D eigenvalue weighted by Crippen LogP contribution is 2.14. The zero-order chi connectivity index (χ0) is 24.1. The summed E-state index contributed by atoms with van der Waals surface area (Å²) >= 11 is 0. The van der Waals surface area contributed by atoms with E-state index in [1.165, 1.54) is 13.1 Å². The van der Waals surface area contributed by atoms with Gasteiger partial charge in [0.1, 0.15) is 6.21 Å². The van der Waals surface area contributed by atoms with Crippen LogP contribution >= 0.6 is 0 Å². The van der Waals surface area contributed by atoms with Crippen molar-refractivity contribution in [3.05, 3.63) is 136 Å². The summed E-state index contributed by atoms with van der Waals surface area (Å²) in [6.07, 6.45) is 3.25. The molecular formula is C28H24N2O3S. The van der Waals surface area contributed by atoms with Crippen LogP contribution in [0.25, 0.3) is 5.76 Å². The number of aromatic nitrogens is 1. The van der Waals surface area contributed by atoms with Crippen LogP contribution in [0.2, 0.25) is 0 Å². The van der Waals surface area contributed by atoms with Crippen molar-refractivity contribution in [3.8, 4) is 0 Å². The zero-order valence-corrected chi connectivity index (χ0v) is 19.7. The highest BCUT2D eigenvalue weighted by atomic mass is 32.2. The molecule has 4 aromatic rings. The second-order valence-corrected chi connectivity index (χ2v) is 9.50. The smallest absolute Gasteiger partial charge is 0.282 e. The third kappa shape index (κ3) is 5.13. The molecular weight excluding hydrogens is 444 g/mol. The summed E-state index contributed by atoms with van der Waals surface area (Å²) in [7, 11) is -3.88. The Bertz CT molecular complexity index is 1650. The van der Waals surface area contributed by atoms with E-state index in [0.29, 0.717) is 10.9 Å². The third-order valence-corrected chi connectivity index (χ3v) is 6.66. The van der Waals surface area contributed by atoms with Crippen molar-refractivity contribution in [3.63, 3.8) is 0 Å². The second-order valence-electron chi connectivity index (χ2n) is 7.86. The van der Waals surface area contributed by atoms with Crippen molar-refractivity contribution in [2.45, 2.75) is 18.7 Å². The molecule has 0 unspecified atom stereocenters. The number of aryl methyl sites for hydroxylation is 1. The van der Waals surface area contributed by atoms with Crippen molar-refractivity contribution in [2.24, 2.45) is 4.40 Å². The molecule has 6 heteroatoms. The minimum atomic E-state index is -3.88. The molecule has 170 valence electrons. The Morgan fingerprint density at radius 1 is 0.853 bits per heavy atom. The van der Waals surface area contributed by atoms with Crippen molar-refractivity contribution in [1.29, 1.82) is 0 Å². The van der Waals surface area contributed by atoms with Gasteiger partial charge in [0.25, 0.3) is 10.0 Å². The molecule has 1 aromatic heterocycles. The van der Waals surface area contributed by atoms with Gasteiger partial charge in [0.05, 0.1) is 4.90 Å². The van der Waals surface area contributed by atoms with E-state index < -0.39 is 10.0 Å². The van der Waals surface area contributed by atoms with Gasteiger partial charge in [-0.25, -0.2) is 0 Å². The van der Waals surface area contributed by atoms with Crippen LogP contribution in [0.3, 0.4) is 0 Å². The van der Waals surface area contributed by atoms with Crippen LogP contribution in [0, 0.1) is 23.2 Å². The summed E-state index contributed by atoms with van der Waals surface area (Å²) in [6.45, 7) is 3.43. The summed E-state index contributed by atoms with van der Waals surface area (Å²) in [5.41, 5.74) is 2.38. The van der Waals surface area contributed by atoms with Crippen LogP contribution < -0.4 is 14.6 Å². The fourth-order valence-electron chi connectivity index (χ4n) is 3.54. The summed E-state index contributed by atoms with van der Waals surface area (Å²) < 4.78 is 31.7. The fourth-order valence-corrected chi connectivity index (χ4v) is 4.38. The first kappa shape index (κ1) is 23.1. The van der Waals surface area contributed by atoms with Crippen LogP contribution in [0.1, 0.15) is 18.1 Å². The van der Waals surface area contributed by atoms with Crippen molar-refractivity contribution >= 4 is 22.0 Å². The van der Waals surface area contributed by atoms with Crippen molar-refractivity contribution in [2.75, 3.05) is 0 Å². The predicted octanol–water partition coefficient (Wildman–Crippen LogP) is 2.95. The molecule has 0 saturated carbocycles. The first-order valence-electron chi connectivity index (χ1n) is 10.8. The number of pyridine rings is 1.